The van der Waals surface area contributed by atoms with Crippen LogP contribution < -0.4 is 5.32 Å². The van der Waals surface area contributed by atoms with E-state index < -0.39 is 5.97 Å². The number of esters is 1. The summed E-state index contributed by atoms with van der Waals surface area (Å²) in [5, 5.41) is 4.18. The first-order valence-corrected chi connectivity index (χ1v) is 7.22. The van der Waals surface area contributed by atoms with Gasteiger partial charge in [-0.3, -0.25) is 4.79 Å². The van der Waals surface area contributed by atoms with Gasteiger partial charge in [0.25, 0.3) is 5.91 Å². The summed E-state index contributed by atoms with van der Waals surface area (Å²) in [6.45, 7) is 0. The van der Waals surface area contributed by atoms with Gasteiger partial charge in [0, 0.05) is 27.8 Å². The molecule has 1 aromatic heterocycles. The quantitative estimate of drug-likeness (QED) is 0.717. The molecule has 0 fully saturated rings. The standard InChI is InChI=1S/C17H13ClN2O3/c1-23-17(22)10-2-5-12(6-3-10)20-16(21)14-9-19-15-8-11(18)4-7-13(14)15/h2-9,19H,1H3,(H,20,21). The molecule has 0 saturated carbocycles. The Morgan fingerprint density at radius 3 is 2.57 bits per heavy atom. The van der Waals surface area contributed by atoms with Crippen LogP contribution in [-0.4, -0.2) is 24.0 Å². The fourth-order valence-electron chi connectivity index (χ4n) is 2.29. The van der Waals surface area contributed by atoms with Crippen molar-refractivity contribution in [3.8, 4) is 0 Å². The van der Waals surface area contributed by atoms with Gasteiger partial charge in [0.1, 0.15) is 0 Å². The van der Waals surface area contributed by atoms with Gasteiger partial charge in [-0.15, -0.1) is 0 Å². The molecule has 0 saturated heterocycles. The van der Waals surface area contributed by atoms with Crippen molar-refractivity contribution in [1.82, 2.24) is 4.98 Å². The Balaban J connectivity index is 1.82. The zero-order valence-electron chi connectivity index (χ0n) is 12.2. The highest BCUT2D eigenvalue weighted by Gasteiger charge is 2.13. The molecular weight excluding hydrogens is 316 g/mol. The Morgan fingerprint density at radius 2 is 1.87 bits per heavy atom. The summed E-state index contributed by atoms with van der Waals surface area (Å²) in [7, 11) is 1.32. The van der Waals surface area contributed by atoms with Gasteiger partial charge in [0.15, 0.2) is 0 Å². The van der Waals surface area contributed by atoms with E-state index in [1.807, 2.05) is 0 Å². The lowest BCUT2D eigenvalue weighted by atomic mass is 10.1. The molecule has 1 amide bonds. The number of aromatic nitrogens is 1. The van der Waals surface area contributed by atoms with Crippen molar-refractivity contribution < 1.29 is 14.3 Å². The van der Waals surface area contributed by atoms with Gasteiger partial charge in [-0.1, -0.05) is 17.7 Å². The SMILES string of the molecule is COC(=O)c1ccc(NC(=O)c2c[nH]c3cc(Cl)ccc23)cc1. The first-order chi connectivity index (χ1) is 11.1. The third-order valence-corrected chi connectivity index (χ3v) is 3.69. The summed E-state index contributed by atoms with van der Waals surface area (Å²) < 4.78 is 4.63. The molecule has 116 valence electrons. The third-order valence-electron chi connectivity index (χ3n) is 3.45. The maximum Gasteiger partial charge on any atom is 0.337 e. The molecule has 0 bridgehead atoms. The highest BCUT2D eigenvalue weighted by Crippen LogP contribution is 2.23. The van der Waals surface area contributed by atoms with Crippen molar-refractivity contribution in [1.29, 1.82) is 0 Å². The molecule has 2 N–H and O–H groups in total. The highest BCUT2D eigenvalue weighted by atomic mass is 35.5. The van der Waals surface area contributed by atoms with Crippen molar-refractivity contribution in [2.45, 2.75) is 0 Å². The summed E-state index contributed by atoms with van der Waals surface area (Å²) in [6.07, 6.45) is 1.64. The van der Waals surface area contributed by atoms with Crippen LogP contribution in [0.5, 0.6) is 0 Å². The van der Waals surface area contributed by atoms with E-state index in [0.29, 0.717) is 21.8 Å². The lowest BCUT2D eigenvalue weighted by Crippen LogP contribution is -2.11. The number of hydrogen-bond acceptors (Lipinski definition) is 3. The van der Waals surface area contributed by atoms with Crippen molar-refractivity contribution >= 4 is 40.1 Å². The van der Waals surface area contributed by atoms with Crippen LogP contribution in [0.2, 0.25) is 5.02 Å². The van der Waals surface area contributed by atoms with Crippen molar-refractivity contribution in [3.63, 3.8) is 0 Å². The van der Waals surface area contributed by atoms with E-state index in [4.69, 9.17) is 11.6 Å². The number of rotatable bonds is 3. The number of hydrogen-bond donors (Lipinski definition) is 2. The normalized spacial score (nSPS) is 10.5. The Bertz CT molecular complexity index is 884. The number of amides is 1. The number of methoxy groups -OCH3 is 1. The molecule has 0 radical (unpaired) electrons. The second-order valence-corrected chi connectivity index (χ2v) is 5.35. The molecule has 23 heavy (non-hydrogen) atoms. The summed E-state index contributed by atoms with van der Waals surface area (Å²) >= 11 is 5.93. The van der Waals surface area contributed by atoms with Gasteiger partial charge in [0.2, 0.25) is 0 Å². The van der Waals surface area contributed by atoms with Gasteiger partial charge in [-0.05, 0) is 36.4 Å². The van der Waals surface area contributed by atoms with Crippen LogP contribution >= 0.6 is 11.6 Å². The van der Waals surface area contributed by atoms with Crippen LogP contribution in [0.3, 0.4) is 0 Å². The maximum atomic E-state index is 12.4. The highest BCUT2D eigenvalue weighted by molar-refractivity contribution is 6.31. The van der Waals surface area contributed by atoms with E-state index in [-0.39, 0.29) is 5.91 Å². The molecule has 1 heterocycles. The lowest BCUT2D eigenvalue weighted by Gasteiger charge is -2.05. The molecule has 0 aliphatic heterocycles. The predicted octanol–water partition coefficient (Wildman–Crippen LogP) is 3.86. The smallest absolute Gasteiger partial charge is 0.337 e. The Kier molecular flexibility index (Phi) is 4.04. The Morgan fingerprint density at radius 1 is 1.13 bits per heavy atom. The van der Waals surface area contributed by atoms with Crippen LogP contribution in [0.1, 0.15) is 20.7 Å². The molecule has 0 aliphatic rings. The average Bonchev–Trinajstić information content (AvgIpc) is 2.97. The monoisotopic (exact) mass is 328 g/mol. The number of H-pyrrole nitrogens is 1. The first kappa shape index (κ1) is 15.1. The number of fused-ring (bicyclic) bond motifs is 1. The Labute approximate surface area is 137 Å². The van der Waals surface area contributed by atoms with Crippen molar-refractivity contribution in [2.24, 2.45) is 0 Å². The van der Waals surface area contributed by atoms with Gasteiger partial charge >= 0.3 is 5.97 Å². The van der Waals surface area contributed by atoms with E-state index >= 15 is 0 Å². The molecule has 3 aromatic rings. The van der Waals surface area contributed by atoms with Crippen LogP contribution in [0, 0.1) is 0 Å². The zero-order chi connectivity index (χ0) is 16.4. The number of nitrogens with one attached hydrogen (secondary N) is 2. The van der Waals surface area contributed by atoms with E-state index in [0.717, 1.165) is 10.9 Å². The van der Waals surface area contributed by atoms with E-state index in [2.05, 4.69) is 15.0 Å². The number of aromatic amines is 1. The molecule has 5 nitrogen and oxygen atoms in total. The number of halogens is 1. The van der Waals surface area contributed by atoms with Gasteiger partial charge in [-0.2, -0.15) is 0 Å². The minimum atomic E-state index is -0.420. The molecule has 0 spiro atoms. The summed E-state index contributed by atoms with van der Waals surface area (Å²) in [5.74, 6) is -0.666. The topological polar surface area (TPSA) is 71.2 Å². The molecule has 6 heteroatoms. The maximum absolute atomic E-state index is 12.4. The predicted molar refractivity (Wildman–Crippen MR) is 89.0 cm³/mol. The summed E-state index contributed by atoms with van der Waals surface area (Å²) in [6, 6.07) is 11.8. The van der Waals surface area contributed by atoms with Gasteiger partial charge in [-0.25, -0.2) is 4.79 Å². The van der Waals surface area contributed by atoms with Crippen molar-refractivity contribution in [3.05, 3.63) is 64.8 Å². The van der Waals surface area contributed by atoms with E-state index in [1.54, 1.807) is 48.7 Å². The fourth-order valence-corrected chi connectivity index (χ4v) is 2.46. The molecule has 0 atom stereocenters. The van der Waals surface area contributed by atoms with Gasteiger partial charge in [0.05, 0.1) is 18.2 Å². The molecule has 0 unspecified atom stereocenters. The van der Waals surface area contributed by atoms with Crippen LogP contribution in [0.4, 0.5) is 5.69 Å². The summed E-state index contributed by atoms with van der Waals surface area (Å²) in [4.78, 5) is 26.8. The Hall–Kier alpha value is -2.79. The fraction of sp³-hybridized carbons (Fsp3) is 0.0588. The zero-order valence-corrected chi connectivity index (χ0v) is 13.0. The van der Waals surface area contributed by atoms with E-state index in [1.165, 1.54) is 7.11 Å². The minimum absolute atomic E-state index is 0.246. The number of anilines is 1. The van der Waals surface area contributed by atoms with Crippen LogP contribution in [0.25, 0.3) is 10.9 Å². The first-order valence-electron chi connectivity index (χ1n) is 6.85. The average molecular weight is 329 g/mol. The van der Waals surface area contributed by atoms with Gasteiger partial charge < -0.3 is 15.0 Å². The minimum Gasteiger partial charge on any atom is -0.465 e. The largest absolute Gasteiger partial charge is 0.465 e. The number of benzene rings is 2. The van der Waals surface area contributed by atoms with Crippen LogP contribution in [-0.2, 0) is 4.74 Å². The molecule has 3 rings (SSSR count). The van der Waals surface area contributed by atoms with E-state index in [9.17, 15) is 9.59 Å². The lowest BCUT2D eigenvalue weighted by molar-refractivity contribution is 0.0600. The second-order valence-electron chi connectivity index (χ2n) is 4.92. The third kappa shape index (κ3) is 3.05. The molecule has 2 aromatic carbocycles. The van der Waals surface area contributed by atoms with Crippen molar-refractivity contribution in [2.75, 3.05) is 12.4 Å². The number of carbonyl (C=O) groups is 2. The second kappa shape index (κ2) is 6.14. The molecule has 0 aliphatic carbocycles. The molecular formula is C17H13ClN2O3. The number of ether oxygens (including phenoxy) is 1. The van der Waals surface area contributed by atoms with Crippen LogP contribution in [0.15, 0.2) is 48.7 Å². The number of carbonyl (C=O) groups excluding carboxylic acids is 2. The summed E-state index contributed by atoms with van der Waals surface area (Å²) in [5.41, 5.74) is 2.33.